The van der Waals surface area contributed by atoms with E-state index in [9.17, 15) is 4.79 Å². The summed E-state index contributed by atoms with van der Waals surface area (Å²) in [6.45, 7) is 0.388. The molecular formula is C27H25N3O3. The molecule has 5 aromatic rings. The van der Waals surface area contributed by atoms with Crippen LogP contribution in [-0.2, 0) is 0 Å². The molecule has 0 aliphatic carbocycles. The Bertz CT molecular complexity index is 1400. The molecule has 0 aliphatic heterocycles. The molecule has 166 valence electrons. The van der Waals surface area contributed by atoms with Crippen LogP contribution >= 0.6 is 0 Å². The Morgan fingerprint density at radius 1 is 0.909 bits per heavy atom. The van der Waals surface area contributed by atoms with Gasteiger partial charge in [0.1, 0.15) is 5.69 Å². The number of carbonyl (C=O) groups excluding carboxylic acids is 1. The van der Waals surface area contributed by atoms with Crippen molar-refractivity contribution in [1.29, 1.82) is 0 Å². The summed E-state index contributed by atoms with van der Waals surface area (Å²) < 4.78 is 11.3. The minimum atomic E-state index is -0.155. The van der Waals surface area contributed by atoms with Crippen molar-refractivity contribution in [1.82, 2.24) is 15.3 Å². The molecule has 0 bridgehead atoms. The summed E-state index contributed by atoms with van der Waals surface area (Å²) in [5, 5.41) is 5.23. The number of methoxy groups -OCH3 is 2. The van der Waals surface area contributed by atoms with Gasteiger partial charge in [-0.05, 0) is 29.8 Å². The summed E-state index contributed by atoms with van der Waals surface area (Å²) in [5.74, 6) is 1.01. The lowest BCUT2D eigenvalue weighted by Gasteiger charge is -2.22. The van der Waals surface area contributed by atoms with Crippen LogP contribution in [0.25, 0.3) is 21.8 Å². The predicted molar refractivity (Wildman–Crippen MR) is 130 cm³/mol. The van der Waals surface area contributed by atoms with E-state index >= 15 is 0 Å². The first-order valence-corrected chi connectivity index (χ1v) is 10.8. The Morgan fingerprint density at radius 2 is 1.70 bits per heavy atom. The first kappa shape index (κ1) is 20.7. The fraction of sp³-hybridized carbons (Fsp3) is 0.148. The van der Waals surface area contributed by atoms with Crippen LogP contribution in [0, 0.1) is 0 Å². The largest absolute Gasteiger partial charge is 0.493 e. The van der Waals surface area contributed by atoms with Gasteiger partial charge < -0.3 is 24.8 Å². The smallest absolute Gasteiger partial charge is 0.267 e. The van der Waals surface area contributed by atoms with Crippen molar-refractivity contribution in [2.24, 2.45) is 0 Å². The van der Waals surface area contributed by atoms with Crippen molar-refractivity contribution in [3.8, 4) is 11.5 Å². The summed E-state index contributed by atoms with van der Waals surface area (Å²) in [6.07, 6.45) is 2.00. The molecule has 0 aliphatic rings. The quantitative estimate of drug-likeness (QED) is 0.325. The number of carbonyl (C=O) groups is 1. The number of aromatic amines is 2. The van der Waals surface area contributed by atoms with Crippen molar-refractivity contribution >= 4 is 27.7 Å². The van der Waals surface area contributed by atoms with Gasteiger partial charge in [-0.2, -0.15) is 0 Å². The number of ether oxygens (including phenoxy) is 2. The predicted octanol–water partition coefficient (Wildman–Crippen LogP) is 5.23. The molecule has 6 nitrogen and oxygen atoms in total. The molecule has 0 saturated heterocycles. The Kier molecular flexibility index (Phi) is 5.48. The van der Waals surface area contributed by atoms with Gasteiger partial charge in [0.15, 0.2) is 11.5 Å². The molecule has 0 spiro atoms. The van der Waals surface area contributed by atoms with Crippen LogP contribution < -0.4 is 14.8 Å². The molecular weight excluding hydrogens is 414 g/mol. The SMILES string of the molecule is COc1cccc(C(CNC(=O)c2cc3ccccc3[nH]2)c2c[nH]c3ccccc23)c1OC. The van der Waals surface area contributed by atoms with E-state index in [4.69, 9.17) is 9.47 Å². The van der Waals surface area contributed by atoms with E-state index in [0.717, 1.165) is 32.9 Å². The number of benzene rings is 3. The lowest BCUT2D eigenvalue weighted by molar-refractivity contribution is 0.0948. The topological polar surface area (TPSA) is 79.1 Å². The average molecular weight is 440 g/mol. The highest BCUT2D eigenvalue weighted by atomic mass is 16.5. The van der Waals surface area contributed by atoms with Gasteiger partial charge in [0, 0.05) is 46.0 Å². The minimum absolute atomic E-state index is 0.153. The zero-order chi connectivity index (χ0) is 22.8. The van der Waals surface area contributed by atoms with Crippen LogP contribution in [0.1, 0.15) is 27.5 Å². The van der Waals surface area contributed by atoms with Crippen LogP contribution in [0.4, 0.5) is 0 Å². The van der Waals surface area contributed by atoms with Crippen molar-refractivity contribution < 1.29 is 14.3 Å². The van der Waals surface area contributed by atoms with Crippen molar-refractivity contribution in [2.45, 2.75) is 5.92 Å². The molecule has 5 rings (SSSR count). The maximum atomic E-state index is 13.1. The third-order valence-corrected chi connectivity index (χ3v) is 6.05. The number of aromatic nitrogens is 2. The van der Waals surface area contributed by atoms with Gasteiger partial charge >= 0.3 is 0 Å². The number of hydrogen-bond acceptors (Lipinski definition) is 3. The molecule has 6 heteroatoms. The van der Waals surface area contributed by atoms with E-state index in [2.05, 4.69) is 21.4 Å². The van der Waals surface area contributed by atoms with Gasteiger partial charge in [-0.15, -0.1) is 0 Å². The van der Waals surface area contributed by atoms with E-state index in [0.29, 0.717) is 23.7 Å². The molecule has 2 heterocycles. The highest BCUT2D eigenvalue weighted by molar-refractivity contribution is 5.98. The van der Waals surface area contributed by atoms with Crippen molar-refractivity contribution in [3.63, 3.8) is 0 Å². The van der Waals surface area contributed by atoms with Crippen molar-refractivity contribution in [3.05, 3.63) is 95.8 Å². The van der Waals surface area contributed by atoms with Crippen molar-refractivity contribution in [2.75, 3.05) is 20.8 Å². The number of rotatable bonds is 7. The summed E-state index contributed by atoms with van der Waals surface area (Å²) >= 11 is 0. The van der Waals surface area contributed by atoms with Crippen LogP contribution in [0.15, 0.2) is 79.0 Å². The first-order chi connectivity index (χ1) is 16.2. The van der Waals surface area contributed by atoms with E-state index in [1.165, 1.54) is 0 Å². The Labute approximate surface area is 191 Å². The van der Waals surface area contributed by atoms with Gasteiger partial charge in [0.05, 0.1) is 14.2 Å². The molecule has 0 fully saturated rings. The fourth-order valence-electron chi connectivity index (χ4n) is 4.44. The normalized spacial score (nSPS) is 12.1. The van der Waals surface area contributed by atoms with E-state index in [1.807, 2.05) is 72.9 Å². The number of nitrogens with one attached hydrogen (secondary N) is 3. The standard InChI is InChI=1S/C27H25N3O3/c1-32-25-13-7-10-19(26(25)33-2)21(20-15-28-23-12-6-4-9-18(20)23)16-29-27(31)24-14-17-8-3-5-11-22(17)30-24/h3-15,21,28,30H,16H2,1-2H3,(H,29,31). The Hall–Kier alpha value is -4.19. The molecule has 0 radical (unpaired) electrons. The van der Waals surface area contributed by atoms with E-state index in [1.54, 1.807) is 14.2 Å². The number of H-pyrrole nitrogens is 2. The van der Waals surface area contributed by atoms with Gasteiger partial charge in [-0.3, -0.25) is 4.79 Å². The molecule has 0 saturated carbocycles. The second kappa shape index (κ2) is 8.74. The summed E-state index contributed by atoms with van der Waals surface area (Å²) in [5.41, 5.74) is 4.53. The minimum Gasteiger partial charge on any atom is -0.493 e. The number of hydrogen-bond donors (Lipinski definition) is 3. The highest BCUT2D eigenvalue weighted by Gasteiger charge is 2.24. The van der Waals surface area contributed by atoms with Crippen LogP contribution in [0.3, 0.4) is 0 Å². The Morgan fingerprint density at radius 3 is 2.48 bits per heavy atom. The number of para-hydroxylation sites is 3. The summed E-state index contributed by atoms with van der Waals surface area (Å²) in [7, 11) is 3.26. The fourth-order valence-corrected chi connectivity index (χ4v) is 4.44. The van der Waals surface area contributed by atoms with Gasteiger partial charge in [-0.1, -0.05) is 48.5 Å². The van der Waals surface area contributed by atoms with Gasteiger partial charge in [-0.25, -0.2) is 0 Å². The lowest BCUT2D eigenvalue weighted by atomic mass is 9.89. The number of fused-ring (bicyclic) bond motifs is 2. The van der Waals surface area contributed by atoms with Gasteiger partial charge in [0.2, 0.25) is 0 Å². The number of amides is 1. The summed E-state index contributed by atoms with van der Waals surface area (Å²) in [6, 6.07) is 23.7. The first-order valence-electron chi connectivity index (χ1n) is 10.8. The molecule has 3 N–H and O–H groups in total. The zero-order valence-corrected chi connectivity index (χ0v) is 18.5. The highest BCUT2D eigenvalue weighted by Crippen LogP contribution is 2.40. The summed E-state index contributed by atoms with van der Waals surface area (Å²) in [4.78, 5) is 19.6. The maximum absolute atomic E-state index is 13.1. The third-order valence-electron chi connectivity index (χ3n) is 6.05. The van der Waals surface area contributed by atoms with Crippen LogP contribution in [0.5, 0.6) is 11.5 Å². The molecule has 1 unspecified atom stereocenters. The second-order valence-corrected chi connectivity index (χ2v) is 7.91. The zero-order valence-electron chi connectivity index (χ0n) is 18.5. The van der Waals surface area contributed by atoms with E-state index in [-0.39, 0.29) is 11.8 Å². The monoisotopic (exact) mass is 439 g/mol. The Balaban J connectivity index is 1.52. The van der Waals surface area contributed by atoms with E-state index < -0.39 is 0 Å². The second-order valence-electron chi connectivity index (χ2n) is 7.91. The molecule has 33 heavy (non-hydrogen) atoms. The molecule has 3 aromatic carbocycles. The van der Waals surface area contributed by atoms with Crippen LogP contribution in [0.2, 0.25) is 0 Å². The third kappa shape index (κ3) is 3.80. The van der Waals surface area contributed by atoms with Gasteiger partial charge in [0.25, 0.3) is 5.91 Å². The maximum Gasteiger partial charge on any atom is 0.267 e. The lowest BCUT2D eigenvalue weighted by Crippen LogP contribution is -2.29. The average Bonchev–Trinajstić information content (AvgIpc) is 3.48. The molecule has 1 atom stereocenters. The molecule has 2 aromatic heterocycles. The molecule has 1 amide bonds. The van der Waals surface area contributed by atoms with Crippen LogP contribution in [-0.4, -0.2) is 36.6 Å².